The summed E-state index contributed by atoms with van der Waals surface area (Å²) in [5.74, 6) is -1.95. The Morgan fingerprint density at radius 1 is 1.00 bits per heavy atom. The maximum atomic E-state index is 13.9. The zero-order valence-corrected chi connectivity index (χ0v) is 12.2. The molecule has 0 saturated heterocycles. The molecule has 120 valence electrons. The molecule has 0 radical (unpaired) electrons. The van der Waals surface area contributed by atoms with Gasteiger partial charge in [-0.15, -0.1) is 0 Å². The quantitative estimate of drug-likeness (QED) is 0.761. The van der Waals surface area contributed by atoms with E-state index in [4.69, 9.17) is 5.11 Å². The summed E-state index contributed by atoms with van der Waals surface area (Å²) in [7, 11) is 0. The Balaban J connectivity index is 1.88. The van der Waals surface area contributed by atoms with Crippen molar-refractivity contribution in [2.24, 2.45) is 0 Å². The third-order valence-corrected chi connectivity index (χ3v) is 3.25. The molecule has 0 fully saturated rings. The van der Waals surface area contributed by atoms with E-state index in [1.54, 1.807) is 12.1 Å². The Bertz CT molecular complexity index is 881. The maximum Gasteiger partial charge on any atom is 0.335 e. The molecule has 0 amide bonds. The van der Waals surface area contributed by atoms with Crippen LogP contribution in [0.3, 0.4) is 0 Å². The first-order chi connectivity index (χ1) is 11.5. The lowest BCUT2D eigenvalue weighted by Crippen LogP contribution is -2.01. The van der Waals surface area contributed by atoms with Gasteiger partial charge in [-0.25, -0.2) is 23.5 Å². The third kappa shape index (κ3) is 3.35. The van der Waals surface area contributed by atoms with Crippen molar-refractivity contribution in [3.05, 3.63) is 71.9 Å². The molecule has 0 spiro atoms. The van der Waals surface area contributed by atoms with Crippen LogP contribution < -0.4 is 5.32 Å². The van der Waals surface area contributed by atoms with Gasteiger partial charge in [-0.1, -0.05) is 0 Å². The molecule has 2 N–H and O–H groups in total. The Hall–Kier alpha value is -3.35. The summed E-state index contributed by atoms with van der Waals surface area (Å²) >= 11 is 0. The van der Waals surface area contributed by atoms with Gasteiger partial charge in [0.15, 0.2) is 5.82 Å². The fraction of sp³-hybridized carbons (Fsp3) is 0. The number of hydrogen-bond donors (Lipinski definition) is 2. The van der Waals surface area contributed by atoms with E-state index in [9.17, 15) is 13.6 Å². The number of hydrogen-bond acceptors (Lipinski definition) is 4. The summed E-state index contributed by atoms with van der Waals surface area (Å²) in [6, 6.07) is 11.2. The van der Waals surface area contributed by atoms with Crippen LogP contribution in [-0.2, 0) is 0 Å². The van der Waals surface area contributed by atoms with Gasteiger partial charge in [0.05, 0.1) is 11.8 Å². The van der Waals surface area contributed by atoms with Crippen molar-refractivity contribution in [1.29, 1.82) is 0 Å². The lowest BCUT2D eigenvalue weighted by Gasteiger charge is -2.08. The van der Waals surface area contributed by atoms with Gasteiger partial charge in [0.2, 0.25) is 5.95 Å². The number of halogens is 2. The number of aromatic carboxylic acids is 1. The predicted octanol–water partition coefficient (Wildman–Crippen LogP) is 3.86. The number of carboxylic acid groups (broad SMARTS) is 1. The molecule has 0 unspecified atom stereocenters. The van der Waals surface area contributed by atoms with E-state index in [1.165, 1.54) is 36.4 Å². The fourth-order valence-electron chi connectivity index (χ4n) is 2.06. The number of rotatable bonds is 4. The van der Waals surface area contributed by atoms with Crippen molar-refractivity contribution < 1.29 is 18.7 Å². The molecule has 1 aromatic heterocycles. The molecular formula is C17H11F2N3O2. The number of nitrogens with one attached hydrogen (secondary N) is 1. The Morgan fingerprint density at radius 3 is 2.29 bits per heavy atom. The smallest absolute Gasteiger partial charge is 0.335 e. The van der Waals surface area contributed by atoms with Gasteiger partial charge in [0, 0.05) is 11.3 Å². The first kappa shape index (κ1) is 15.5. The van der Waals surface area contributed by atoms with Crippen LogP contribution in [0.5, 0.6) is 0 Å². The second-order valence-corrected chi connectivity index (χ2v) is 4.90. The van der Waals surface area contributed by atoms with E-state index in [2.05, 4.69) is 15.3 Å². The summed E-state index contributed by atoms with van der Waals surface area (Å²) in [5, 5.41) is 11.7. The lowest BCUT2D eigenvalue weighted by molar-refractivity contribution is 0.0697. The van der Waals surface area contributed by atoms with Crippen LogP contribution in [0, 0.1) is 11.6 Å². The molecule has 7 heteroatoms. The lowest BCUT2D eigenvalue weighted by atomic mass is 10.1. The van der Waals surface area contributed by atoms with Crippen LogP contribution in [0.15, 0.2) is 54.7 Å². The largest absolute Gasteiger partial charge is 0.478 e. The average Bonchev–Trinajstić information content (AvgIpc) is 2.58. The molecule has 0 aliphatic heterocycles. The predicted molar refractivity (Wildman–Crippen MR) is 84.1 cm³/mol. The standard InChI is InChI=1S/C17H11F2N3O2/c18-12-5-1-10(2-6-12)15-14(19)9-20-17(22-15)21-13-7-3-11(4-8-13)16(23)24/h1-9H,(H,23,24)(H,20,21,22). The summed E-state index contributed by atoms with van der Waals surface area (Å²) in [4.78, 5) is 18.8. The Kier molecular flexibility index (Phi) is 4.15. The second kappa shape index (κ2) is 6.41. The Morgan fingerprint density at radius 2 is 1.67 bits per heavy atom. The van der Waals surface area contributed by atoms with Crippen LogP contribution in [0.4, 0.5) is 20.4 Å². The summed E-state index contributed by atoms with van der Waals surface area (Å²) in [6.07, 6.45) is 1.01. The summed E-state index contributed by atoms with van der Waals surface area (Å²) < 4.78 is 26.9. The van der Waals surface area contributed by atoms with Gasteiger partial charge < -0.3 is 10.4 Å². The fourth-order valence-corrected chi connectivity index (χ4v) is 2.06. The second-order valence-electron chi connectivity index (χ2n) is 4.90. The highest BCUT2D eigenvalue weighted by Gasteiger charge is 2.10. The van der Waals surface area contributed by atoms with Crippen molar-refractivity contribution in [3.63, 3.8) is 0 Å². The van der Waals surface area contributed by atoms with Crippen molar-refractivity contribution in [3.8, 4) is 11.3 Å². The molecular weight excluding hydrogens is 316 g/mol. The SMILES string of the molecule is O=C(O)c1ccc(Nc2ncc(F)c(-c3ccc(F)cc3)n2)cc1. The topological polar surface area (TPSA) is 75.1 Å². The molecule has 3 aromatic rings. The van der Waals surface area contributed by atoms with E-state index in [0.29, 0.717) is 11.3 Å². The maximum absolute atomic E-state index is 13.9. The van der Waals surface area contributed by atoms with E-state index in [1.807, 2.05) is 0 Å². The van der Waals surface area contributed by atoms with Gasteiger partial charge in [-0.2, -0.15) is 0 Å². The van der Waals surface area contributed by atoms with Crippen molar-refractivity contribution in [2.45, 2.75) is 0 Å². The van der Waals surface area contributed by atoms with Gasteiger partial charge in [0.25, 0.3) is 0 Å². The Labute approximate surface area is 135 Å². The highest BCUT2D eigenvalue weighted by molar-refractivity contribution is 5.88. The van der Waals surface area contributed by atoms with Crippen LogP contribution >= 0.6 is 0 Å². The summed E-state index contributed by atoms with van der Waals surface area (Å²) in [5.41, 5.74) is 1.15. The van der Waals surface area contributed by atoms with E-state index < -0.39 is 17.6 Å². The normalized spacial score (nSPS) is 10.4. The van der Waals surface area contributed by atoms with Crippen LogP contribution in [0.1, 0.15) is 10.4 Å². The van der Waals surface area contributed by atoms with Gasteiger partial charge >= 0.3 is 5.97 Å². The highest BCUT2D eigenvalue weighted by Crippen LogP contribution is 2.23. The van der Waals surface area contributed by atoms with E-state index in [-0.39, 0.29) is 17.2 Å². The van der Waals surface area contributed by atoms with Gasteiger partial charge in [-0.3, -0.25) is 0 Å². The highest BCUT2D eigenvalue weighted by atomic mass is 19.1. The van der Waals surface area contributed by atoms with Crippen molar-refractivity contribution in [1.82, 2.24) is 9.97 Å². The molecule has 24 heavy (non-hydrogen) atoms. The number of carboxylic acids is 1. The molecule has 1 heterocycles. The molecule has 3 rings (SSSR count). The minimum atomic E-state index is -1.03. The molecule has 0 atom stereocenters. The third-order valence-electron chi connectivity index (χ3n) is 3.25. The minimum Gasteiger partial charge on any atom is -0.478 e. The molecule has 2 aromatic carbocycles. The van der Waals surface area contributed by atoms with E-state index in [0.717, 1.165) is 6.20 Å². The number of aromatic nitrogens is 2. The average molecular weight is 327 g/mol. The van der Waals surface area contributed by atoms with Crippen LogP contribution in [0.2, 0.25) is 0 Å². The number of carbonyl (C=O) groups is 1. The van der Waals surface area contributed by atoms with Crippen LogP contribution in [-0.4, -0.2) is 21.0 Å². The number of nitrogens with zero attached hydrogens (tertiary/aromatic N) is 2. The van der Waals surface area contributed by atoms with Crippen molar-refractivity contribution in [2.75, 3.05) is 5.32 Å². The minimum absolute atomic E-state index is 0.0367. The molecule has 0 saturated carbocycles. The van der Waals surface area contributed by atoms with Gasteiger partial charge in [0.1, 0.15) is 11.5 Å². The number of anilines is 2. The van der Waals surface area contributed by atoms with Crippen LogP contribution in [0.25, 0.3) is 11.3 Å². The first-order valence-electron chi connectivity index (χ1n) is 6.92. The van der Waals surface area contributed by atoms with Crippen molar-refractivity contribution >= 4 is 17.6 Å². The molecule has 5 nitrogen and oxygen atoms in total. The molecule has 0 aliphatic carbocycles. The van der Waals surface area contributed by atoms with E-state index >= 15 is 0 Å². The zero-order valence-electron chi connectivity index (χ0n) is 12.2. The van der Waals surface area contributed by atoms with Gasteiger partial charge in [-0.05, 0) is 48.5 Å². The first-order valence-corrected chi connectivity index (χ1v) is 6.92. The molecule has 0 aliphatic rings. The molecule has 0 bridgehead atoms. The summed E-state index contributed by atoms with van der Waals surface area (Å²) in [6.45, 7) is 0. The monoisotopic (exact) mass is 327 g/mol. The zero-order chi connectivity index (χ0) is 17.1. The number of benzene rings is 2.